The Hall–Kier alpha value is -2.52. The highest BCUT2D eigenvalue weighted by Crippen LogP contribution is 2.33. The molecule has 8 heteroatoms. The number of para-hydroxylation sites is 1. The van der Waals surface area contributed by atoms with Gasteiger partial charge in [0, 0.05) is 11.9 Å². The minimum Gasteiger partial charge on any atom is -0.394 e. The van der Waals surface area contributed by atoms with Gasteiger partial charge in [-0.05, 0) is 18.2 Å². The number of nitrogens with zero attached hydrogens (tertiary/aromatic N) is 3. The summed E-state index contributed by atoms with van der Waals surface area (Å²) in [5, 5.41) is 32.7. The van der Waals surface area contributed by atoms with E-state index in [-0.39, 0.29) is 6.61 Å². The van der Waals surface area contributed by atoms with Gasteiger partial charge in [-0.15, -0.1) is 0 Å². The molecule has 0 spiro atoms. The number of pyridine rings is 1. The summed E-state index contributed by atoms with van der Waals surface area (Å²) in [5.74, 6) is 0. The number of aliphatic hydroxyl groups is 3. The van der Waals surface area contributed by atoms with Gasteiger partial charge in [-0.3, -0.25) is 4.57 Å². The van der Waals surface area contributed by atoms with Crippen LogP contribution in [0.2, 0.25) is 0 Å². The molecule has 0 bridgehead atoms. The van der Waals surface area contributed by atoms with Crippen molar-refractivity contribution in [3.05, 3.63) is 48.9 Å². The molecule has 1 aliphatic heterocycles. The average molecular weight is 342 g/mol. The smallest absolute Gasteiger partial charge is 0.165 e. The lowest BCUT2D eigenvalue weighted by atomic mass is 10.1. The third-order valence-corrected chi connectivity index (χ3v) is 4.30. The highest BCUT2D eigenvalue weighted by Gasteiger charge is 2.43. The van der Waals surface area contributed by atoms with Crippen LogP contribution >= 0.6 is 0 Å². The molecule has 0 amide bonds. The van der Waals surface area contributed by atoms with Crippen LogP contribution in [0, 0.1) is 0 Å². The van der Waals surface area contributed by atoms with Crippen LogP contribution in [0.25, 0.3) is 11.2 Å². The molecule has 0 radical (unpaired) electrons. The molecular weight excluding hydrogens is 324 g/mol. The predicted octanol–water partition coefficient (Wildman–Crippen LogP) is 0.786. The number of aliphatic hydroxyl groups excluding tert-OH is 3. The fourth-order valence-electron chi connectivity index (χ4n) is 3.01. The first-order valence-corrected chi connectivity index (χ1v) is 7.95. The maximum atomic E-state index is 10.2. The van der Waals surface area contributed by atoms with Crippen LogP contribution in [0.5, 0.6) is 0 Å². The Bertz CT molecular complexity index is 869. The number of hydrogen-bond donors (Lipinski definition) is 4. The zero-order valence-electron chi connectivity index (χ0n) is 13.2. The fourth-order valence-corrected chi connectivity index (χ4v) is 3.01. The summed E-state index contributed by atoms with van der Waals surface area (Å²) < 4.78 is 7.12. The quantitative estimate of drug-likeness (QED) is 0.554. The van der Waals surface area contributed by atoms with E-state index >= 15 is 0 Å². The molecule has 8 nitrogen and oxygen atoms in total. The van der Waals surface area contributed by atoms with Crippen LogP contribution in [-0.2, 0) is 4.74 Å². The molecular formula is C17H18N4O4. The van der Waals surface area contributed by atoms with E-state index in [2.05, 4.69) is 15.3 Å². The van der Waals surface area contributed by atoms with E-state index in [9.17, 15) is 15.3 Å². The first-order valence-electron chi connectivity index (χ1n) is 7.95. The zero-order valence-corrected chi connectivity index (χ0v) is 13.2. The lowest BCUT2D eigenvalue weighted by Crippen LogP contribution is -2.33. The van der Waals surface area contributed by atoms with Gasteiger partial charge in [0.15, 0.2) is 11.9 Å². The third kappa shape index (κ3) is 2.75. The summed E-state index contributed by atoms with van der Waals surface area (Å²) in [7, 11) is 0. The van der Waals surface area contributed by atoms with Gasteiger partial charge in [0.1, 0.15) is 23.8 Å². The average Bonchev–Trinajstić information content (AvgIpc) is 3.18. The molecule has 0 aliphatic carbocycles. The van der Waals surface area contributed by atoms with E-state index in [0.717, 1.165) is 11.4 Å². The zero-order chi connectivity index (χ0) is 17.4. The van der Waals surface area contributed by atoms with Crippen molar-refractivity contribution in [2.24, 2.45) is 0 Å². The van der Waals surface area contributed by atoms with Crippen molar-refractivity contribution < 1.29 is 20.1 Å². The SMILES string of the molecule is OC[C@H]1O[C@@H](n2cnc3c(Nc4ccccc4)ccnc32)[C@H](O)[C@@H]1O. The standard InChI is InChI=1S/C17H18N4O4/c22-8-12-14(23)15(24)17(25-12)21-9-19-13-11(6-7-18-16(13)21)20-10-4-2-1-3-5-10/h1-7,9,12,14-15,17,22-24H,8H2,(H,18,20)/t12-,14-,15-,17-/m1/s1. The van der Waals surface area contributed by atoms with Gasteiger partial charge < -0.3 is 25.4 Å². The molecule has 3 aromatic rings. The normalized spacial score (nSPS) is 26.2. The number of anilines is 2. The summed E-state index contributed by atoms with van der Waals surface area (Å²) in [4.78, 5) is 8.70. The van der Waals surface area contributed by atoms with E-state index in [0.29, 0.717) is 11.2 Å². The highest BCUT2D eigenvalue weighted by atomic mass is 16.6. The molecule has 1 fully saturated rings. The minimum atomic E-state index is -1.18. The Kier molecular flexibility index (Phi) is 4.10. The molecule has 2 aromatic heterocycles. The van der Waals surface area contributed by atoms with Crippen LogP contribution < -0.4 is 5.32 Å². The number of ether oxygens (including phenoxy) is 1. The van der Waals surface area contributed by atoms with Crippen molar-refractivity contribution in [3.8, 4) is 0 Å². The van der Waals surface area contributed by atoms with Crippen LogP contribution in [0.15, 0.2) is 48.9 Å². The van der Waals surface area contributed by atoms with Crippen molar-refractivity contribution in [3.63, 3.8) is 0 Å². The van der Waals surface area contributed by atoms with Crippen LogP contribution in [0.1, 0.15) is 6.23 Å². The van der Waals surface area contributed by atoms with Gasteiger partial charge in [0.2, 0.25) is 0 Å². The lowest BCUT2D eigenvalue weighted by Gasteiger charge is -2.16. The Morgan fingerprint density at radius 2 is 1.88 bits per heavy atom. The molecule has 1 aromatic carbocycles. The molecule has 1 aliphatic rings. The molecule has 25 heavy (non-hydrogen) atoms. The largest absolute Gasteiger partial charge is 0.394 e. The number of nitrogens with one attached hydrogen (secondary N) is 1. The van der Waals surface area contributed by atoms with E-state index in [1.807, 2.05) is 36.4 Å². The molecule has 0 unspecified atom stereocenters. The van der Waals surface area contributed by atoms with E-state index < -0.39 is 24.5 Å². The van der Waals surface area contributed by atoms with Crippen LogP contribution in [-0.4, -0.2) is 54.8 Å². The van der Waals surface area contributed by atoms with Gasteiger partial charge in [0.25, 0.3) is 0 Å². The number of benzene rings is 1. The van der Waals surface area contributed by atoms with Gasteiger partial charge >= 0.3 is 0 Å². The number of rotatable bonds is 4. The van der Waals surface area contributed by atoms with Gasteiger partial charge in [-0.1, -0.05) is 18.2 Å². The topological polar surface area (TPSA) is 113 Å². The second-order valence-electron chi connectivity index (χ2n) is 5.90. The second kappa shape index (κ2) is 6.41. The maximum Gasteiger partial charge on any atom is 0.165 e. The summed E-state index contributed by atoms with van der Waals surface area (Å²) in [5.41, 5.74) is 2.80. The molecule has 4 atom stereocenters. The van der Waals surface area contributed by atoms with Gasteiger partial charge in [-0.2, -0.15) is 0 Å². The molecule has 4 rings (SSSR count). The molecule has 130 valence electrons. The second-order valence-corrected chi connectivity index (χ2v) is 5.90. The van der Waals surface area contributed by atoms with Crippen LogP contribution in [0.4, 0.5) is 11.4 Å². The van der Waals surface area contributed by atoms with E-state index in [1.165, 1.54) is 6.33 Å². The fraction of sp³-hybridized carbons (Fsp3) is 0.294. The van der Waals surface area contributed by atoms with Crippen molar-refractivity contribution in [1.82, 2.24) is 14.5 Å². The first-order chi connectivity index (χ1) is 12.2. The summed E-state index contributed by atoms with van der Waals surface area (Å²) in [6.45, 7) is -0.379. The Morgan fingerprint density at radius 1 is 1.08 bits per heavy atom. The Balaban J connectivity index is 1.70. The molecule has 4 N–H and O–H groups in total. The van der Waals surface area contributed by atoms with Gasteiger partial charge in [0.05, 0.1) is 18.6 Å². The summed E-state index contributed by atoms with van der Waals surface area (Å²) in [6, 6.07) is 11.5. The number of fused-ring (bicyclic) bond motifs is 1. The first kappa shape index (κ1) is 16.0. The molecule has 1 saturated heterocycles. The summed E-state index contributed by atoms with van der Waals surface area (Å²) in [6.07, 6.45) is -0.916. The molecule has 3 heterocycles. The van der Waals surface area contributed by atoms with Crippen molar-refractivity contribution >= 4 is 22.5 Å². The third-order valence-electron chi connectivity index (χ3n) is 4.30. The van der Waals surface area contributed by atoms with Crippen LogP contribution in [0.3, 0.4) is 0 Å². The van der Waals surface area contributed by atoms with Crippen molar-refractivity contribution in [2.75, 3.05) is 11.9 Å². The number of aromatic nitrogens is 3. The summed E-state index contributed by atoms with van der Waals surface area (Å²) >= 11 is 0. The number of hydrogen-bond acceptors (Lipinski definition) is 7. The van der Waals surface area contributed by atoms with E-state index in [1.54, 1.807) is 10.8 Å². The highest BCUT2D eigenvalue weighted by molar-refractivity contribution is 5.87. The van der Waals surface area contributed by atoms with Gasteiger partial charge in [-0.25, -0.2) is 9.97 Å². The predicted molar refractivity (Wildman–Crippen MR) is 90.3 cm³/mol. The van der Waals surface area contributed by atoms with E-state index in [4.69, 9.17) is 4.74 Å². The minimum absolute atomic E-state index is 0.379. The lowest BCUT2D eigenvalue weighted by molar-refractivity contribution is -0.0511. The Morgan fingerprint density at radius 3 is 2.60 bits per heavy atom. The van der Waals surface area contributed by atoms with Crippen molar-refractivity contribution in [1.29, 1.82) is 0 Å². The molecule has 0 saturated carbocycles. The monoisotopic (exact) mass is 342 g/mol. The number of imidazole rings is 1. The maximum absolute atomic E-state index is 10.2. The Labute approximate surface area is 143 Å². The van der Waals surface area contributed by atoms with Crippen molar-refractivity contribution in [2.45, 2.75) is 24.5 Å².